The fourth-order valence-electron chi connectivity index (χ4n) is 4.32. The summed E-state index contributed by atoms with van der Waals surface area (Å²) >= 11 is 7.19. The molecule has 2 aromatic rings. The van der Waals surface area contributed by atoms with E-state index in [-0.39, 0.29) is 12.0 Å². The lowest BCUT2D eigenvalue weighted by molar-refractivity contribution is 0.0499. The Balaban J connectivity index is 1.34. The summed E-state index contributed by atoms with van der Waals surface area (Å²) in [4.78, 5) is 28.0. The maximum absolute atomic E-state index is 12.3. The average Bonchev–Trinajstić information content (AvgIpc) is 3.59. The fraction of sp³-hybridized carbons (Fsp3) is 0.391. The summed E-state index contributed by atoms with van der Waals surface area (Å²) in [7, 11) is 2.09. The third kappa shape index (κ3) is 4.35. The number of amides is 1. The minimum atomic E-state index is -0.249. The van der Waals surface area contributed by atoms with Gasteiger partial charge >= 0.3 is 0 Å². The van der Waals surface area contributed by atoms with E-state index in [4.69, 9.17) is 16.4 Å². The summed E-state index contributed by atoms with van der Waals surface area (Å²) in [5.41, 5.74) is 7.46. The van der Waals surface area contributed by atoms with Crippen molar-refractivity contribution < 1.29 is 9.63 Å². The Bertz CT molecular complexity index is 1080. The lowest BCUT2D eigenvalue weighted by Gasteiger charge is -2.24. The number of hydroxylamine groups is 1. The van der Waals surface area contributed by atoms with Gasteiger partial charge in [-0.25, -0.2) is 0 Å². The van der Waals surface area contributed by atoms with Crippen LogP contribution in [0.4, 0.5) is 5.69 Å². The summed E-state index contributed by atoms with van der Waals surface area (Å²) in [6.45, 7) is 4.29. The van der Waals surface area contributed by atoms with Crippen LogP contribution in [0.2, 0.25) is 4.34 Å². The first-order chi connectivity index (χ1) is 15.6. The van der Waals surface area contributed by atoms with Crippen molar-refractivity contribution in [3.05, 3.63) is 56.7 Å². The van der Waals surface area contributed by atoms with Gasteiger partial charge in [0.05, 0.1) is 28.0 Å². The first-order valence-electron chi connectivity index (χ1n) is 10.9. The van der Waals surface area contributed by atoms with E-state index in [1.165, 1.54) is 29.9 Å². The number of carbonyl (C=O) groups excluding carboxylic acids is 1. The van der Waals surface area contributed by atoms with Crippen molar-refractivity contribution in [2.24, 2.45) is 4.99 Å². The highest BCUT2D eigenvalue weighted by molar-refractivity contribution is 7.18. The molecule has 1 amide bonds. The number of rotatable bonds is 6. The molecule has 3 aliphatic heterocycles. The molecule has 1 aromatic heterocycles. The van der Waals surface area contributed by atoms with E-state index < -0.39 is 0 Å². The molecule has 0 bridgehead atoms. The van der Waals surface area contributed by atoms with Gasteiger partial charge in [-0.05, 0) is 37.1 Å². The van der Waals surface area contributed by atoms with Gasteiger partial charge in [0.15, 0.2) is 0 Å². The normalized spacial score (nSPS) is 20.4. The zero-order valence-electron chi connectivity index (χ0n) is 17.9. The fourth-order valence-corrected chi connectivity index (χ4v) is 5.28. The van der Waals surface area contributed by atoms with Crippen molar-refractivity contribution in [1.82, 2.24) is 15.7 Å². The maximum atomic E-state index is 12.3. The minimum Gasteiger partial charge on any atom is -0.371 e. The van der Waals surface area contributed by atoms with Gasteiger partial charge in [-0.2, -0.15) is 0 Å². The average molecular weight is 472 g/mol. The van der Waals surface area contributed by atoms with E-state index in [1.54, 1.807) is 12.1 Å². The second-order valence-corrected chi connectivity index (χ2v) is 9.92. The van der Waals surface area contributed by atoms with Gasteiger partial charge in [0.2, 0.25) is 0 Å². The number of halogens is 1. The molecule has 168 valence electrons. The molecule has 0 spiro atoms. The highest BCUT2D eigenvalue weighted by Gasteiger charge is 2.25. The SMILES string of the molecule is CN1CCN=C1c1ccc(C2=CC(CNC(=O)c3ccc(Cl)s3)ON2)c(N2CCCC2)c1. The van der Waals surface area contributed by atoms with Gasteiger partial charge in [-0.1, -0.05) is 23.7 Å². The summed E-state index contributed by atoms with van der Waals surface area (Å²) in [6, 6.07) is 9.99. The van der Waals surface area contributed by atoms with Crippen molar-refractivity contribution in [2.45, 2.75) is 18.9 Å². The van der Waals surface area contributed by atoms with Crippen LogP contribution in [-0.2, 0) is 4.84 Å². The van der Waals surface area contributed by atoms with E-state index in [9.17, 15) is 4.79 Å². The zero-order chi connectivity index (χ0) is 22.1. The van der Waals surface area contributed by atoms with Crippen molar-refractivity contribution in [1.29, 1.82) is 0 Å². The van der Waals surface area contributed by atoms with Crippen molar-refractivity contribution in [3.8, 4) is 0 Å². The largest absolute Gasteiger partial charge is 0.371 e. The highest BCUT2D eigenvalue weighted by atomic mass is 35.5. The second-order valence-electron chi connectivity index (χ2n) is 8.21. The van der Waals surface area contributed by atoms with Gasteiger partial charge in [0, 0.05) is 43.5 Å². The van der Waals surface area contributed by atoms with Gasteiger partial charge in [0.1, 0.15) is 11.9 Å². The summed E-state index contributed by atoms with van der Waals surface area (Å²) in [5.74, 6) is 0.909. The number of likely N-dealkylation sites (N-methyl/N-ethyl adjacent to an activating group) is 1. The number of benzene rings is 1. The molecule has 1 fully saturated rings. The molecule has 0 radical (unpaired) electrons. The summed E-state index contributed by atoms with van der Waals surface area (Å²) in [5, 5.41) is 2.92. The number of hydrogen-bond acceptors (Lipinski definition) is 7. The van der Waals surface area contributed by atoms with Gasteiger partial charge < -0.3 is 15.1 Å². The van der Waals surface area contributed by atoms with Crippen LogP contribution in [0, 0.1) is 0 Å². The molecule has 7 nitrogen and oxygen atoms in total. The zero-order valence-corrected chi connectivity index (χ0v) is 19.5. The summed E-state index contributed by atoms with van der Waals surface area (Å²) in [6.07, 6.45) is 4.19. The first-order valence-corrected chi connectivity index (χ1v) is 12.1. The third-order valence-corrected chi connectivity index (χ3v) is 7.21. The molecule has 0 saturated carbocycles. The Hall–Kier alpha value is -2.55. The van der Waals surface area contributed by atoms with Crippen LogP contribution in [0.1, 0.15) is 33.6 Å². The monoisotopic (exact) mass is 471 g/mol. The number of hydrogen-bond donors (Lipinski definition) is 2. The summed E-state index contributed by atoms with van der Waals surface area (Å²) < 4.78 is 0.601. The topological polar surface area (TPSA) is 69.2 Å². The van der Waals surface area contributed by atoms with E-state index in [0.29, 0.717) is 15.8 Å². The van der Waals surface area contributed by atoms with Gasteiger partial charge in [-0.3, -0.25) is 20.1 Å². The number of carbonyl (C=O) groups is 1. The molecular formula is C23H26ClN5O2S. The van der Waals surface area contributed by atoms with Crippen LogP contribution < -0.4 is 15.7 Å². The molecule has 1 saturated heterocycles. The number of thiophene rings is 1. The Morgan fingerprint density at radius 1 is 1.28 bits per heavy atom. The molecule has 1 aromatic carbocycles. The molecule has 9 heteroatoms. The number of nitrogens with zero attached hydrogens (tertiary/aromatic N) is 3. The molecule has 1 unspecified atom stereocenters. The second kappa shape index (κ2) is 9.13. The smallest absolute Gasteiger partial charge is 0.261 e. The van der Waals surface area contributed by atoms with E-state index >= 15 is 0 Å². The molecule has 2 N–H and O–H groups in total. The highest BCUT2D eigenvalue weighted by Crippen LogP contribution is 2.32. The Morgan fingerprint density at radius 2 is 2.12 bits per heavy atom. The Labute approximate surface area is 196 Å². The van der Waals surface area contributed by atoms with Crippen molar-refractivity contribution >= 4 is 46.1 Å². The maximum Gasteiger partial charge on any atom is 0.261 e. The predicted octanol–water partition coefficient (Wildman–Crippen LogP) is 3.37. The molecular weight excluding hydrogens is 446 g/mol. The van der Waals surface area contributed by atoms with E-state index in [1.807, 2.05) is 6.08 Å². The third-order valence-electron chi connectivity index (χ3n) is 5.99. The van der Waals surface area contributed by atoms with Gasteiger partial charge in [-0.15, -0.1) is 11.3 Å². The minimum absolute atomic E-state index is 0.143. The molecule has 3 aliphatic rings. The first kappa shape index (κ1) is 21.3. The van der Waals surface area contributed by atoms with Crippen LogP contribution in [0.15, 0.2) is 41.4 Å². The molecule has 32 heavy (non-hydrogen) atoms. The number of anilines is 1. The van der Waals surface area contributed by atoms with Crippen LogP contribution >= 0.6 is 22.9 Å². The number of aliphatic imine (C=N–C) groups is 1. The Kier molecular flexibility index (Phi) is 6.08. The lowest BCUT2D eigenvalue weighted by Crippen LogP contribution is -2.32. The van der Waals surface area contributed by atoms with Crippen molar-refractivity contribution in [3.63, 3.8) is 0 Å². The number of amidine groups is 1. The van der Waals surface area contributed by atoms with E-state index in [0.717, 1.165) is 48.8 Å². The molecule has 1 atom stereocenters. The lowest BCUT2D eigenvalue weighted by atomic mass is 10.0. The van der Waals surface area contributed by atoms with Gasteiger partial charge in [0.25, 0.3) is 5.91 Å². The number of nitrogens with one attached hydrogen (secondary N) is 2. The van der Waals surface area contributed by atoms with Crippen LogP contribution in [0.25, 0.3) is 5.70 Å². The quantitative estimate of drug-likeness (QED) is 0.676. The van der Waals surface area contributed by atoms with Crippen molar-refractivity contribution in [2.75, 3.05) is 44.7 Å². The molecule has 4 heterocycles. The van der Waals surface area contributed by atoms with E-state index in [2.05, 4.69) is 50.8 Å². The standard InChI is InChI=1S/C23H26ClN5O2S/c1-28-11-8-25-22(28)15-4-5-17(19(12-15)29-9-2-3-10-29)18-13-16(31-27-18)14-26-23(30)20-6-7-21(24)32-20/h4-7,12-13,16,27H,2-3,8-11,14H2,1H3,(H,26,30). The predicted molar refractivity (Wildman–Crippen MR) is 130 cm³/mol. The molecule has 0 aliphatic carbocycles. The van der Waals surface area contributed by atoms with Crippen LogP contribution in [0.5, 0.6) is 0 Å². The van der Waals surface area contributed by atoms with Crippen LogP contribution in [-0.4, -0.2) is 62.5 Å². The molecule has 5 rings (SSSR count). The Morgan fingerprint density at radius 3 is 2.84 bits per heavy atom. The van der Waals surface area contributed by atoms with Crippen LogP contribution in [0.3, 0.4) is 0 Å².